The average molecular weight is 337 g/mol. The van der Waals surface area contributed by atoms with Crippen LogP contribution in [0.1, 0.15) is 21.5 Å². The van der Waals surface area contributed by atoms with Crippen LogP contribution in [0.2, 0.25) is 0 Å². The van der Waals surface area contributed by atoms with Gasteiger partial charge in [-0.25, -0.2) is 5.43 Å². The molecule has 0 fully saturated rings. The van der Waals surface area contributed by atoms with Gasteiger partial charge in [-0.05, 0) is 12.1 Å². The van der Waals surface area contributed by atoms with E-state index in [1.807, 2.05) is 60.7 Å². The number of hydrogen-bond donors (Lipinski definition) is 1. The minimum atomic E-state index is -0.267. The summed E-state index contributed by atoms with van der Waals surface area (Å²) in [6.07, 6.45) is 3.15. The van der Waals surface area contributed by atoms with E-state index < -0.39 is 0 Å². The van der Waals surface area contributed by atoms with E-state index in [9.17, 15) is 4.79 Å². The number of hydrogen-bond acceptors (Lipinski definition) is 3. The van der Waals surface area contributed by atoms with Crippen molar-refractivity contribution in [2.45, 2.75) is 0 Å². The van der Waals surface area contributed by atoms with Crippen molar-refractivity contribution in [2.75, 3.05) is 0 Å². The maximum Gasteiger partial charge on any atom is 0.271 e. The molecular weight excluding hydrogens is 318 g/mol. The molecule has 0 aliphatic rings. The highest BCUT2D eigenvalue weighted by Gasteiger charge is 2.08. The van der Waals surface area contributed by atoms with Crippen LogP contribution in [-0.4, -0.2) is 27.6 Å². The fraction of sp³-hybridized carbons (Fsp3) is 0. The number of pyridine rings is 1. The highest BCUT2D eigenvalue weighted by molar-refractivity contribution is 6.13. The third kappa shape index (κ3) is 5.07. The summed E-state index contributed by atoms with van der Waals surface area (Å²) < 4.78 is 0. The smallest absolute Gasteiger partial charge is 0.271 e. The summed E-state index contributed by atoms with van der Waals surface area (Å²) in [5.41, 5.74) is 5.73. The van der Waals surface area contributed by atoms with E-state index in [-0.39, 0.29) is 16.9 Å². The van der Waals surface area contributed by atoms with Gasteiger partial charge >= 0.3 is 0 Å². The van der Waals surface area contributed by atoms with Gasteiger partial charge in [0.15, 0.2) is 0 Å². The molecule has 2 aromatic carbocycles. The number of nitrogens with one attached hydrogen (secondary N) is 1. The molecule has 128 valence electrons. The minimum absolute atomic E-state index is 0. The molecule has 6 heteroatoms. The molecule has 0 aliphatic heterocycles. The fourth-order valence-electron chi connectivity index (χ4n) is 2.16. The average Bonchev–Trinajstić information content (AvgIpc) is 2.64. The molecule has 25 heavy (non-hydrogen) atoms. The van der Waals surface area contributed by atoms with Crippen molar-refractivity contribution < 1.29 is 15.7 Å². The zero-order valence-corrected chi connectivity index (χ0v) is 13.4. The molecule has 0 radical (unpaired) electrons. The van der Waals surface area contributed by atoms with Gasteiger partial charge in [0.05, 0.1) is 5.71 Å². The van der Waals surface area contributed by atoms with Crippen LogP contribution in [0.15, 0.2) is 90.3 Å². The van der Waals surface area contributed by atoms with Crippen molar-refractivity contribution in [3.63, 3.8) is 0 Å². The van der Waals surface area contributed by atoms with Crippen LogP contribution in [0.4, 0.5) is 0 Å². The molecule has 1 aromatic heterocycles. The molecule has 3 rings (SSSR count). The monoisotopic (exact) mass is 337 g/mol. The van der Waals surface area contributed by atoms with Gasteiger partial charge in [-0.3, -0.25) is 9.78 Å². The highest BCUT2D eigenvalue weighted by atomic mass is 16.2. The number of aromatic nitrogens is 1. The molecule has 5 N–H and O–H groups in total. The summed E-state index contributed by atoms with van der Waals surface area (Å²) in [7, 11) is 0. The zero-order chi connectivity index (χ0) is 15.9. The van der Waals surface area contributed by atoms with E-state index in [2.05, 4.69) is 15.5 Å². The summed E-state index contributed by atoms with van der Waals surface area (Å²) >= 11 is 0. The Kier molecular flexibility index (Phi) is 7.65. The maximum absolute atomic E-state index is 12.2. The van der Waals surface area contributed by atoms with E-state index in [1.54, 1.807) is 24.5 Å². The Hall–Kier alpha value is -3.35. The van der Waals surface area contributed by atoms with Crippen molar-refractivity contribution >= 4 is 11.6 Å². The van der Waals surface area contributed by atoms with E-state index in [1.165, 1.54) is 0 Å². The molecular formula is C19H19N3O3. The van der Waals surface area contributed by atoms with Crippen LogP contribution >= 0.6 is 0 Å². The van der Waals surface area contributed by atoms with Crippen LogP contribution < -0.4 is 5.43 Å². The first-order valence-corrected chi connectivity index (χ1v) is 7.23. The largest absolute Gasteiger partial charge is 0.412 e. The second-order valence-electron chi connectivity index (χ2n) is 4.87. The molecule has 0 aliphatic carbocycles. The molecule has 0 saturated carbocycles. The fourth-order valence-corrected chi connectivity index (χ4v) is 2.16. The Morgan fingerprint density at radius 3 is 1.68 bits per heavy atom. The lowest BCUT2D eigenvalue weighted by atomic mass is 10.0. The highest BCUT2D eigenvalue weighted by Crippen LogP contribution is 2.10. The zero-order valence-electron chi connectivity index (χ0n) is 13.4. The van der Waals surface area contributed by atoms with Crippen LogP contribution in [0.3, 0.4) is 0 Å². The SMILES string of the molecule is O.O.O=C(NN=C(c1ccccc1)c1ccccc1)c1ccncc1. The van der Waals surface area contributed by atoms with Crippen molar-refractivity contribution in [3.8, 4) is 0 Å². The number of nitrogens with zero attached hydrogens (tertiary/aromatic N) is 2. The number of rotatable bonds is 4. The first-order chi connectivity index (χ1) is 11.3. The standard InChI is InChI=1S/C19H15N3O.2H2O/c23-19(17-11-13-20-14-12-17)22-21-18(15-7-3-1-4-8-15)16-9-5-2-6-10-16;;/h1-14H,(H,22,23);2*1H2. The third-order valence-corrected chi connectivity index (χ3v) is 3.31. The van der Waals surface area contributed by atoms with E-state index in [0.717, 1.165) is 11.1 Å². The summed E-state index contributed by atoms with van der Waals surface area (Å²) in [4.78, 5) is 16.1. The molecule has 6 nitrogen and oxygen atoms in total. The van der Waals surface area contributed by atoms with E-state index >= 15 is 0 Å². The van der Waals surface area contributed by atoms with Gasteiger partial charge in [0.2, 0.25) is 0 Å². The van der Waals surface area contributed by atoms with Gasteiger partial charge in [-0.15, -0.1) is 0 Å². The quantitative estimate of drug-likeness (QED) is 0.575. The molecule has 0 unspecified atom stereocenters. The molecule has 3 aromatic rings. The molecule has 0 saturated heterocycles. The topological polar surface area (TPSA) is 117 Å². The van der Waals surface area contributed by atoms with Crippen LogP contribution in [0.5, 0.6) is 0 Å². The molecule has 0 spiro atoms. The number of carbonyl (C=O) groups is 1. The second kappa shape index (κ2) is 9.71. The second-order valence-corrected chi connectivity index (χ2v) is 4.87. The Morgan fingerprint density at radius 2 is 1.20 bits per heavy atom. The first kappa shape index (κ1) is 19.7. The van der Waals surface area contributed by atoms with Gasteiger partial charge < -0.3 is 11.0 Å². The number of benzene rings is 2. The predicted molar refractivity (Wildman–Crippen MR) is 97.5 cm³/mol. The van der Waals surface area contributed by atoms with Gasteiger partial charge in [-0.1, -0.05) is 60.7 Å². The Labute approximate surface area is 145 Å². The van der Waals surface area contributed by atoms with E-state index in [0.29, 0.717) is 11.3 Å². The van der Waals surface area contributed by atoms with Gasteiger partial charge in [0.25, 0.3) is 5.91 Å². The maximum atomic E-state index is 12.2. The molecule has 1 amide bonds. The van der Waals surface area contributed by atoms with Gasteiger partial charge in [-0.2, -0.15) is 5.10 Å². The predicted octanol–water partition coefficient (Wildman–Crippen LogP) is 1.61. The van der Waals surface area contributed by atoms with Gasteiger partial charge in [0.1, 0.15) is 0 Å². The first-order valence-electron chi connectivity index (χ1n) is 7.23. The normalized spacial score (nSPS) is 9.12. The molecule has 0 bridgehead atoms. The Bertz CT molecular complexity index is 766. The van der Waals surface area contributed by atoms with Crippen molar-refractivity contribution in [2.24, 2.45) is 5.10 Å². The van der Waals surface area contributed by atoms with Crippen molar-refractivity contribution in [1.29, 1.82) is 0 Å². The van der Waals surface area contributed by atoms with E-state index in [4.69, 9.17) is 0 Å². The van der Waals surface area contributed by atoms with Gasteiger partial charge in [0, 0.05) is 29.1 Å². The number of carbonyl (C=O) groups excluding carboxylic acids is 1. The minimum Gasteiger partial charge on any atom is -0.412 e. The van der Waals surface area contributed by atoms with Crippen LogP contribution in [0.25, 0.3) is 0 Å². The van der Waals surface area contributed by atoms with Crippen molar-refractivity contribution in [3.05, 3.63) is 102 Å². The Morgan fingerprint density at radius 1 is 0.720 bits per heavy atom. The summed E-state index contributed by atoms with van der Waals surface area (Å²) in [5.74, 6) is -0.267. The van der Waals surface area contributed by atoms with Crippen LogP contribution in [-0.2, 0) is 0 Å². The third-order valence-electron chi connectivity index (χ3n) is 3.31. The number of hydrazone groups is 1. The lowest BCUT2D eigenvalue weighted by molar-refractivity contribution is 0.0955. The summed E-state index contributed by atoms with van der Waals surface area (Å²) in [5, 5.41) is 4.34. The molecule has 1 heterocycles. The summed E-state index contributed by atoms with van der Waals surface area (Å²) in [6.45, 7) is 0. The molecule has 0 atom stereocenters. The number of amides is 1. The Balaban J connectivity index is 0.00000156. The lowest BCUT2D eigenvalue weighted by Gasteiger charge is -2.08. The van der Waals surface area contributed by atoms with Crippen LogP contribution in [0, 0.1) is 0 Å². The summed E-state index contributed by atoms with van der Waals surface area (Å²) in [6, 6.07) is 22.8. The van der Waals surface area contributed by atoms with Crippen molar-refractivity contribution in [1.82, 2.24) is 10.4 Å². The lowest BCUT2D eigenvalue weighted by Crippen LogP contribution is -2.20.